The number of halogens is 1. The average molecular weight is 576 g/mol. The fourth-order valence-corrected chi connectivity index (χ4v) is 5.20. The lowest BCUT2D eigenvalue weighted by molar-refractivity contribution is -0.120. The summed E-state index contributed by atoms with van der Waals surface area (Å²) in [5.74, 6) is -0.694. The van der Waals surface area contributed by atoms with E-state index in [0.29, 0.717) is 5.75 Å². The lowest BCUT2D eigenvalue weighted by Gasteiger charge is -2.08. The van der Waals surface area contributed by atoms with E-state index in [0.717, 1.165) is 19.3 Å². The zero-order valence-corrected chi connectivity index (χ0v) is 22.6. The first-order valence-electron chi connectivity index (χ1n) is 12.6. The highest BCUT2D eigenvalue weighted by Crippen LogP contribution is 2.25. The number of unbranched alkanes of at least 4 members (excludes halogenated alkanes) is 14. The predicted octanol–water partition coefficient (Wildman–Crippen LogP) is 7.58. The Labute approximate surface area is 206 Å². The maximum absolute atomic E-state index is 12.4. The van der Waals surface area contributed by atoms with E-state index in [9.17, 15) is 15.7 Å². The van der Waals surface area contributed by atoms with Gasteiger partial charge in [0.1, 0.15) is 5.75 Å². The van der Waals surface area contributed by atoms with Crippen molar-refractivity contribution in [2.45, 2.75) is 110 Å². The zero-order valence-electron chi connectivity index (χ0n) is 20.5. The standard InChI is InChI=1S/C26H42INO5/c1-3-4-5-6-7-8-9-10-11-12-13-14-15-16-17-18-25(29)28-26(30)23-21-22(33-2)19-20-24(23)27(31)32/h19-21H,3-18H2,1-2H3,(H,28,29,30). The van der Waals surface area contributed by atoms with Crippen LogP contribution in [0.4, 0.5) is 0 Å². The van der Waals surface area contributed by atoms with Gasteiger partial charge in [0.25, 0.3) is 5.91 Å². The first-order valence-corrected chi connectivity index (χ1v) is 15.4. The van der Waals surface area contributed by atoms with Crippen LogP contribution < -0.4 is 10.1 Å². The third-order valence-corrected chi connectivity index (χ3v) is 7.73. The summed E-state index contributed by atoms with van der Waals surface area (Å²) < 4.78 is 28.0. The highest BCUT2D eigenvalue weighted by atomic mass is 127. The molecule has 1 aromatic carbocycles. The average Bonchev–Trinajstić information content (AvgIpc) is 2.81. The Hall–Kier alpha value is -1.51. The van der Waals surface area contributed by atoms with Crippen molar-refractivity contribution in [3.8, 4) is 5.75 Å². The summed E-state index contributed by atoms with van der Waals surface area (Å²) in [4.78, 5) is 24.5. The third-order valence-electron chi connectivity index (χ3n) is 5.84. The van der Waals surface area contributed by atoms with Gasteiger partial charge in [0.2, 0.25) is 5.91 Å². The van der Waals surface area contributed by atoms with Gasteiger partial charge in [-0.15, -0.1) is 0 Å². The number of imide groups is 1. The van der Waals surface area contributed by atoms with Crippen molar-refractivity contribution in [2.75, 3.05) is 7.11 Å². The number of carbonyl (C=O) groups is 2. The van der Waals surface area contributed by atoms with Crippen molar-refractivity contribution < 1.29 is 20.5 Å². The first kappa shape index (κ1) is 29.5. The first-order chi connectivity index (χ1) is 16.0. The maximum Gasteiger partial charge on any atom is 0.341 e. The molecule has 188 valence electrons. The van der Waals surface area contributed by atoms with Gasteiger partial charge in [-0.2, -0.15) is 0 Å². The fraction of sp³-hybridized carbons (Fsp3) is 0.692. The summed E-state index contributed by atoms with van der Waals surface area (Å²) in [5.41, 5.74) is -0.0330. The lowest BCUT2D eigenvalue weighted by atomic mass is 10.0. The van der Waals surface area contributed by atoms with Gasteiger partial charge in [-0.1, -0.05) is 96.8 Å². The van der Waals surface area contributed by atoms with Gasteiger partial charge >= 0.3 is 19.8 Å². The third kappa shape index (κ3) is 13.7. The molecule has 0 saturated heterocycles. The molecule has 0 radical (unpaired) electrons. The Morgan fingerprint density at radius 2 is 1.27 bits per heavy atom. The van der Waals surface area contributed by atoms with E-state index in [2.05, 4.69) is 12.2 Å². The molecule has 0 aliphatic heterocycles. The monoisotopic (exact) mass is 575 g/mol. The molecule has 1 rings (SSSR count). The van der Waals surface area contributed by atoms with Crippen molar-refractivity contribution in [1.82, 2.24) is 5.32 Å². The zero-order chi connectivity index (χ0) is 24.3. The van der Waals surface area contributed by atoms with Gasteiger partial charge < -0.3 is 4.74 Å². The molecule has 0 saturated carbocycles. The molecular formula is C26H42INO5. The quantitative estimate of drug-likeness (QED) is 0.136. The van der Waals surface area contributed by atoms with Gasteiger partial charge in [0.15, 0.2) is 0 Å². The Kier molecular flexibility index (Phi) is 16.9. The SMILES string of the molecule is CCCCCCCCCCCCCCCCCC(=O)NC(=O)c1cc(OC)ccc1I(=O)=O. The summed E-state index contributed by atoms with van der Waals surface area (Å²) in [7, 11) is 1.43. The molecule has 0 aromatic heterocycles. The van der Waals surface area contributed by atoms with Crippen LogP contribution in [0.15, 0.2) is 18.2 Å². The molecule has 2 amide bonds. The van der Waals surface area contributed by atoms with Crippen LogP contribution in [0, 0.1) is 3.57 Å². The summed E-state index contributed by atoms with van der Waals surface area (Å²) in [6, 6.07) is 4.19. The smallest absolute Gasteiger partial charge is 0.341 e. The summed E-state index contributed by atoms with van der Waals surface area (Å²) in [5, 5.41) is 2.31. The summed E-state index contributed by atoms with van der Waals surface area (Å²) >= 11 is -3.86. The normalized spacial score (nSPS) is 11.0. The van der Waals surface area contributed by atoms with Crippen molar-refractivity contribution in [3.63, 3.8) is 0 Å². The molecule has 6 nitrogen and oxygen atoms in total. The Balaban J connectivity index is 2.09. The molecule has 1 aromatic rings. The van der Waals surface area contributed by atoms with Crippen LogP contribution in [0.1, 0.15) is 120 Å². The number of ether oxygens (including phenoxy) is 1. The van der Waals surface area contributed by atoms with Crippen molar-refractivity contribution in [2.24, 2.45) is 0 Å². The Morgan fingerprint density at radius 3 is 1.73 bits per heavy atom. The number of benzene rings is 1. The van der Waals surface area contributed by atoms with Crippen LogP contribution in [-0.4, -0.2) is 18.9 Å². The Bertz CT molecular complexity index is 768. The molecule has 0 aliphatic rings. The topological polar surface area (TPSA) is 89.5 Å². The van der Waals surface area contributed by atoms with E-state index in [4.69, 9.17) is 4.74 Å². The van der Waals surface area contributed by atoms with E-state index in [1.54, 1.807) is 0 Å². The largest absolute Gasteiger partial charge is 0.497 e. The minimum Gasteiger partial charge on any atom is -0.497 e. The maximum atomic E-state index is 12.4. The minimum absolute atomic E-state index is 0.0303. The number of rotatable bonds is 19. The van der Waals surface area contributed by atoms with Crippen molar-refractivity contribution in [3.05, 3.63) is 27.3 Å². The number of methoxy groups -OCH3 is 1. The van der Waals surface area contributed by atoms with Crippen molar-refractivity contribution >= 4 is 31.6 Å². The molecule has 0 bridgehead atoms. The van der Waals surface area contributed by atoms with Gasteiger partial charge in [0.05, 0.1) is 16.2 Å². The van der Waals surface area contributed by atoms with Crippen LogP contribution in [0.5, 0.6) is 5.75 Å². The molecule has 0 spiro atoms. The molecule has 0 heterocycles. The number of amides is 2. The van der Waals surface area contributed by atoms with Crippen LogP contribution in [0.3, 0.4) is 0 Å². The second-order valence-electron chi connectivity index (χ2n) is 8.64. The molecule has 0 unspecified atom stereocenters. The molecule has 7 heteroatoms. The number of hydrogen-bond acceptors (Lipinski definition) is 5. The van der Waals surface area contributed by atoms with Gasteiger partial charge in [-0.25, -0.2) is 6.14 Å². The number of hydrogen-bond donors (Lipinski definition) is 1. The van der Waals surface area contributed by atoms with E-state index in [-0.39, 0.29) is 21.5 Å². The molecule has 0 fully saturated rings. The Morgan fingerprint density at radius 1 is 0.788 bits per heavy atom. The van der Waals surface area contributed by atoms with Crippen LogP contribution in [-0.2, 0) is 10.9 Å². The van der Waals surface area contributed by atoms with Crippen molar-refractivity contribution in [1.29, 1.82) is 0 Å². The van der Waals surface area contributed by atoms with Crippen LogP contribution in [0.25, 0.3) is 0 Å². The highest BCUT2D eigenvalue weighted by molar-refractivity contribution is 14.2. The van der Waals surface area contributed by atoms with E-state index in [1.165, 1.54) is 102 Å². The van der Waals surface area contributed by atoms with Gasteiger partial charge in [-0.05, 0) is 24.6 Å². The minimum atomic E-state index is -3.86. The van der Waals surface area contributed by atoms with Crippen LogP contribution in [0.2, 0.25) is 0 Å². The van der Waals surface area contributed by atoms with Gasteiger partial charge in [-0.3, -0.25) is 14.9 Å². The predicted molar refractivity (Wildman–Crippen MR) is 139 cm³/mol. The highest BCUT2D eigenvalue weighted by Gasteiger charge is 2.18. The van der Waals surface area contributed by atoms with Crippen LogP contribution >= 0.6 is 19.8 Å². The summed E-state index contributed by atoms with van der Waals surface area (Å²) in [6.45, 7) is 2.25. The number of nitrogens with one attached hydrogen (secondary N) is 1. The second kappa shape index (κ2) is 18.9. The molecule has 0 aliphatic carbocycles. The molecule has 0 atom stereocenters. The second-order valence-corrected chi connectivity index (χ2v) is 11.0. The summed E-state index contributed by atoms with van der Waals surface area (Å²) in [6.07, 6.45) is 19.0. The van der Waals surface area contributed by atoms with Gasteiger partial charge in [0, 0.05) is 6.42 Å². The molecule has 1 N–H and O–H groups in total. The molecular weight excluding hydrogens is 533 g/mol. The lowest BCUT2D eigenvalue weighted by Crippen LogP contribution is -2.30. The number of carbonyl (C=O) groups excluding carboxylic acids is 2. The fourth-order valence-electron chi connectivity index (χ4n) is 3.85. The van der Waals surface area contributed by atoms with E-state index < -0.39 is 25.7 Å². The molecule has 33 heavy (non-hydrogen) atoms. The van der Waals surface area contributed by atoms with E-state index >= 15 is 0 Å². The van der Waals surface area contributed by atoms with E-state index in [1.807, 2.05) is 0 Å².